The Morgan fingerprint density at radius 1 is 1.32 bits per heavy atom. The lowest BCUT2D eigenvalue weighted by molar-refractivity contribution is 0.0172. The maximum Gasteiger partial charge on any atom is 0.229 e. The van der Waals surface area contributed by atoms with E-state index in [-0.39, 0.29) is 12.0 Å². The maximum atomic E-state index is 5.90. The first kappa shape index (κ1) is 16.5. The van der Waals surface area contributed by atoms with E-state index in [0.29, 0.717) is 18.3 Å². The number of imidazole rings is 1. The van der Waals surface area contributed by atoms with Gasteiger partial charge in [-0.15, -0.1) is 11.3 Å². The van der Waals surface area contributed by atoms with E-state index in [0.717, 1.165) is 23.7 Å². The van der Waals surface area contributed by atoms with E-state index in [9.17, 15) is 0 Å². The van der Waals surface area contributed by atoms with Gasteiger partial charge in [-0.1, -0.05) is 19.0 Å². The zero-order valence-corrected chi connectivity index (χ0v) is 15.3. The van der Waals surface area contributed by atoms with Crippen LogP contribution in [0.1, 0.15) is 61.7 Å². The van der Waals surface area contributed by atoms with E-state index in [2.05, 4.69) is 31.8 Å². The molecular formula is C18H22N4O2S. The summed E-state index contributed by atoms with van der Waals surface area (Å²) in [4.78, 5) is 11.4. The molecule has 0 unspecified atom stereocenters. The molecule has 0 saturated carbocycles. The average Bonchev–Trinajstić information content (AvgIpc) is 3.36. The SMILES string of the molecule is CC(C)c1nc(Cn2ccnc2-c2ccc([C@H]3CCCCO3)s2)no1. The summed E-state index contributed by atoms with van der Waals surface area (Å²) in [6.45, 7) is 5.50. The van der Waals surface area contributed by atoms with Gasteiger partial charge < -0.3 is 13.8 Å². The summed E-state index contributed by atoms with van der Waals surface area (Å²) in [5.74, 6) is 2.52. The number of rotatable bonds is 5. The Hall–Kier alpha value is -1.99. The molecule has 1 aliphatic rings. The number of hydrogen-bond acceptors (Lipinski definition) is 6. The number of ether oxygens (including phenoxy) is 1. The lowest BCUT2D eigenvalue weighted by atomic mass is 10.1. The summed E-state index contributed by atoms with van der Waals surface area (Å²) < 4.78 is 13.3. The van der Waals surface area contributed by atoms with Crippen LogP contribution in [0.5, 0.6) is 0 Å². The van der Waals surface area contributed by atoms with E-state index >= 15 is 0 Å². The highest BCUT2D eigenvalue weighted by Gasteiger charge is 2.20. The van der Waals surface area contributed by atoms with Crippen molar-refractivity contribution in [3.63, 3.8) is 0 Å². The minimum Gasteiger partial charge on any atom is -0.373 e. The Morgan fingerprint density at radius 2 is 2.24 bits per heavy atom. The van der Waals surface area contributed by atoms with Gasteiger partial charge in [0.05, 0.1) is 17.5 Å². The fourth-order valence-electron chi connectivity index (χ4n) is 2.99. The minimum absolute atomic E-state index is 0.235. The molecule has 3 aromatic rings. The van der Waals surface area contributed by atoms with Gasteiger partial charge in [0.25, 0.3) is 0 Å². The molecule has 0 aromatic carbocycles. The second-order valence-electron chi connectivity index (χ2n) is 6.64. The number of nitrogens with zero attached hydrogens (tertiary/aromatic N) is 4. The summed E-state index contributed by atoms with van der Waals surface area (Å²) >= 11 is 1.76. The average molecular weight is 358 g/mol. The van der Waals surface area contributed by atoms with Crippen molar-refractivity contribution in [3.8, 4) is 10.7 Å². The molecule has 1 aliphatic heterocycles. The van der Waals surface area contributed by atoms with Gasteiger partial charge in [0, 0.05) is 29.8 Å². The van der Waals surface area contributed by atoms with Gasteiger partial charge in [0.2, 0.25) is 5.89 Å². The highest BCUT2D eigenvalue weighted by molar-refractivity contribution is 7.15. The van der Waals surface area contributed by atoms with Gasteiger partial charge in [-0.2, -0.15) is 4.98 Å². The number of aromatic nitrogens is 4. The summed E-state index contributed by atoms with van der Waals surface area (Å²) in [5.41, 5.74) is 0. The second kappa shape index (κ2) is 7.09. The zero-order valence-electron chi connectivity index (χ0n) is 14.5. The second-order valence-corrected chi connectivity index (χ2v) is 7.75. The van der Waals surface area contributed by atoms with Crippen LogP contribution in [0.25, 0.3) is 10.7 Å². The lowest BCUT2D eigenvalue weighted by Gasteiger charge is -2.21. The lowest BCUT2D eigenvalue weighted by Crippen LogP contribution is -2.09. The molecule has 1 fully saturated rings. The van der Waals surface area contributed by atoms with E-state index in [1.165, 1.54) is 17.7 Å². The van der Waals surface area contributed by atoms with Crippen LogP contribution in [0.3, 0.4) is 0 Å². The number of hydrogen-bond donors (Lipinski definition) is 0. The predicted molar refractivity (Wildman–Crippen MR) is 95.6 cm³/mol. The van der Waals surface area contributed by atoms with Crippen molar-refractivity contribution in [1.82, 2.24) is 19.7 Å². The number of thiophene rings is 1. The molecule has 0 N–H and O–H groups in total. The third kappa shape index (κ3) is 3.52. The van der Waals surface area contributed by atoms with E-state index in [4.69, 9.17) is 9.26 Å². The Labute approximate surface area is 150 Å². The quantitative estimate of drug-likeness (QED) is 0.676. The molecule has 3 aromatic heterocycles. The van der Waals surface area contributed by atoms with Crippen LogP contribution in [0.4, 0.5) is 0 Å². The van der Waals surface area contributed by atoms with Gasteiger partial charge in [0.1, 0.15) is 5.82 Å². The molecule has 4 rings (SSSR count). The Morgan fingerprint density at radius 3 is 3.00 bits per heavy atom. The van der Waals surface area contributed by atoms with E-state index in [1.54, 1.807) is 11.3 Å². The zero-order chi connectivity index (χ0) is 17.2. The first-order chi connectivity index (χ1) is 12.2. The molecule has 132 valence electrons. The maximum absolute atomic E-state index is 5.90. The monoisotopic (exact) mass is 358 g/mol. The van der Waals surface area contributed by atoms with Crippen molar-refractivity contribution < 1.29 is 9.26 Å². The summed E-state index contributed by atoms with van der Waals surface area (Å²) in [5, 5.41) is 4.07. The normalized spacial score (nSPS) is 18.1. The molecule has 0 aliphatic carbocycles. The van der Waals surface area contributed by atoms with Crippen LogP contribution in [0.15, 0.2) is 29.0 Å². The Bertz CT molecular complexity index is 830. The van der Waals surface area contributed by atoms with Crippen molar-refractivity contribution in [2.45, 2.75) is 51.7 Å². The van der Waals surface area contributed by atoms with Gasteiger partial charge in [-0.25, -0.2) is 4.98 Å². The van der Waals surface area contributed by atoms with Crippen molar-refractivity contribution in [3.05, 3.63) is 41.1 Å². The van der Waals surface area contributed by atoms with E-state index < -0.39 is 0 Å². The first-order valence-electron chi connectivity index (χ1n) is 8.76. The van der Waals surface area contributed by atoms with Crippen molar-refractivity contribution in [1.29, 1.82) is 0 Å². The molecule has 6 nitrogen and oxygen atoms in total. The smallest absolute Gasteiger partial charge is 0.229 e. The first-order valence-corrected chi connectivity index (χ1v) is 9.57. The largest absolute Gasteiger partial charge is 0.373 e. The van der Waals surface area contributed by atoms with Gasteiger partial charge in [-0.3, -0.25) is 0 Å². The van der Waals surface area contributed by atoms with Crippen LogP contribution in [0, 0.1) is 0 Å². The fourth-order valence-corrected chi connectivity index (χ4v) is 4.10. The minimum atomic E-state index is 0.235. The highest BCUT2D eigenvalue weighted by Crippen LogP contribution is 2.36. The molecule has 0 radical (unpaired) electrons. The molecule has 0 bridgehead atoms. The fraction of sp³-hybridized carbons (Fsp3) is 0.500. The van der Waals surface area contributed by atoms with Crippen molar-refractivity contribution in [2.24, 2.45) is 0 Å². The topological polar surface area (TPSA) is 66.0 Å². The molecule has 7 heteroatoms. The van der Waals surface area contributed by atoms with Crippen LogP contribution in [0.2, 0.25) is 0 Å². The Kier molecular flexibility index (Phi) is 4.67. The predicted octanol–water partition coefficient (Wildman–Crippen LogP) is 4.41. The molecule has 4 heterocycles. The van der Waals surface area contributed by atoms with Crippen LogP contribution in [-0.2, 0) is 11.3 Å². The summed E-state index contributed by atoms with van der Waals surface area (Å²) in [6.07, 6.45) is 7.52. The molecule has 25 heavy (non-hydrogen) atoms. The third-order valence-electron chi connectivity index (χ3n) is 4.35. The highest BCUT2D eigenvalue weighted by atomic mass is 32.1. The van der Waals surface area contributed by atoms with Crippen LogP contribution < -0.4 is 0 Å². The van der Waals surface area contributed by atoms with Crippen LogP contribution >= 0.6 is 11.3 Å². The Balaban J connectivity index is 1.53. The molecule has 1 saturated heterocycles. The molecule has 1 atom stereocenters. The van der Waals surface area contributed by atoms with E-state index in [1.807, 2.05) is 26.2 Å². The molecule has 0 spiro atoms. The summed E-state index contributed by atoms with van der Waals surface area (Å²) in [6, 6.07) is 4.30. The van der Waals surface area contributed by atoms with Gasteiger partial charge >= 0.3 is 0 Å². The van der Waals surface area contributed by atoms with Crippen molar-refractivity contribution in [2.75, 3.05) is 6.61 Å². The third-order valence-corrected chi connectivity index (χ3v) is 5.52. The van der Waals surface area contributed by atoms with Gasteiger partial charge in [0.15, 0.2) is 5.82 Å². The molecular weight excluding hydrogens is 336 g/mol. The summed E-state index contributed by atoms with van der Waals surface area (Å²) in [7, 11) is 0. The molecule has 0 amide bonds. The van der Waals surface area contributed by atoms with Crippen LogP contribution in [-0.4, -0.2) is 26.3 Å². The van der Waals surface area contributed by atoms with Gasteiger partial charge in [-0.05, 0) is 31.4 Å². The standard InChI is InChI=1S/C18H22N4O2S/c1-12(2)18-20-16(21-24-18)11-22-9-8-19-17(22)15-7-6-14(25-15)13-5-3-4-10-23-13/h6-9,12-13H,3-5,10-11H2,1-2H3/t13-/m1/s1. The van der Waals surface area contributed by atoms with Crippen molar-refractivity contribution >= 4 is 11.3 Å².